The fraction of sp³-hybridized carbons (Fsp3) is 0.265. The Labute approximate surface area is 256 Å². The maximum atomic E-state index is 15.1. The van der Waals surface area contributed by atoms with E-state index in [0.29, 0.717) is 5.56 Å². The van der Waals surface area contributed by atoms with E-state index in [-0.39, 0.29) is 42.5 Å². The van der Waals surface area contributed by atoms with Crippen LogP contribution in [0.2, 0.25) is 19.6 Å². The number of hydrogen-bond donors (Lipinski definition) is 1. The molecule has 0 aliphatic heterocycles. The molecule has 44 heavy (non-hydrogen) atoms. The number of rotatable bonds is 12. The van der Waals surface area contributed by atoms with Crippen LogP contribution in [0.25, 0.3) is 0 Å². The van der Waals surface area contributed by atoms with Crippen molar-refractivity contribution in [1.29, 1.82) is 0 Å². The molecule has 6 nitrogen and oxygen atoms in total. The molecule has 3 aromatic carbocycles. The van der Waals surface area contributed by atoms with Gasteiger partial charge < -0.3 is 14.8 Å². The zero-order chi connectivity index (χ0) is 31.5. The predicted octanol–water partition coefficient (Wildman–Crippen LogP) is 6.71. The Morgan fingerprint density at radius 3 is 2.11 bits per heavy atom. The molecule has 1 heterocycles. The second-order valence-electron chi connectivity index (χ2n) is 11.1. The molecule has 0 saturated carbocycles. The topological polar surface area (TPSA) is 73.3 Å². The first kappa shape index (κ1) is 32.3. The number of benzene rings is 3. The fourth-order valence-electron chi connectivity index (χ4n) is 4.20. The molecular formula is C34H34F3N3O3Si. The highest BCUT2D eigenvalue weighted by Gasteiger charge is 2.30. The van der Waals surface area contributed by atoms with Crippen LogP contribution in [-0.4, -0.2) is 36.9 Å². The monoisotopic (exact) mass is 617 g/mol. The lowest BCUT2D eigenvalue weighted by atomic mass is 9.93. The number of nitrogens with zero attached hydrogens (tertiary/aromatic N) is 2. The minimum Gasteiger partial charge on any atom is -0.482 e. The van der Waals surface area contributed by atoms with Gasteiger partial charge in [-0.25, -0.2) is 18.2 Å². The number of aromatic nitrogens is 2. The summed E-state index contributed by atoms with van der Waals surface area (Å²) < 4.78 is 53.5. The second kappa shape index (κ2) is 15.2. The maximum absolute atomic E-state index is 15.1. The van der Waals surface area contributed by atoms with Gasteiger partial charge in [0.2, 0.25) is 11.7 Å². The summed E-state index contributed by atoms with van der Waals surface area (Å²) in [6, 6.07) is 23.3. The molecule has 0 spiro atoms. The summed E-state index contributed by atoms with van der Waals surface area (Å²) in [6.45, 7) is 5.60. The molecule has 1 unspecified atom stereocenters. The quantitative estimate of drug-likeness (QED) is 0.141. The van der Waals surface area contributed by atoms with Crippen molar-refractivity contribution in [2.45, 2.75) is 51.6 Å². The minimum absolute atomic E-state index is 0.0510. The van der Waals surface area contributed by atoms with Crippen LogP contribution in [0.15, 0.2) is 85.2 Å². The summed E-state index contributed by atoms with van der Waals surface area (Å²) in [5.74, 6) is 0.727. The summed E-state index contributed by atoms with van der Waals surface area (Å²) in [6.07, 6.45) is -1.58. The third-order valence-electron chi connectivity index (χ3n) is 6.37. The number of hydrogen-bond acceptors (Lipinski definition) is 5. The van der Waals surface area contributed by atoms with E-state index in [1.165, 1.54) is 12.4 Å². The van der Waals surface area contributed by atoms with Gasteiger partial charge in [-0.15, -0.1) is 5.54 Å². The summed E-state index contributed by atoms with van der Waals surface area (Å²) in [7, 11) is -1.74. The summed E-state index contributed by atoms with van der Waals surface area (Å²) in [5.41, 5.74) is 5.70. The van der Waals surface area contributed by atoms with Gasteiger partial charge in [0.25, 0.3) is 12.3 Å². The SMILES string of the molecule is C[Si](C)(C)C#Cc1ccc(CC(C(=O)NCC(F)F)c2ncnc(OCc3ccccc3)c2OCc2ccccc2)cc1F. The molecule has 1 atom stereocenters. The van der Waals surface area contributed by atoms with Crippen LogP contribution in [0.1, 0.15) is 33.9 Å². The first-order valence-corrected chi connectivity index (χ1v) is 17.6. The second-order valence-corrected chi connectivity index (χ2v) is 15.9. The van der Waals surface area contributed by atoms with Crippen molar-refractivity contribution in [3.8, 4) is 23.1 Å². The van der Waals surface area contributed by atoms with Crippen LogP contribution in [0.3, 0.4) is 0 Å². The van der Waals surface area contributed by atoms with Gasteiger partial charge in [-0.2, -0.15) is 4.98 Å². The van der Waals surface area contributed by atoms with E-state index in [1.54, 1.807) is 12.1 Å². The standard InChI is InChI=1S/C34H34F3N3O3Si/c1-44(2,3)17-16-27-15-14-26(19-29(27)35)18-28(33(41)38-20-30(36)37)31-32(42-21-24-10-6-4-7-11-24)34(40-23-39-31)43-22-25-12-8-5-9-13-25/h4-15,19,23,28,30H,18,20-22H2,1-3H3,(H,38,41). The lowest BCUT2D eigenvalue weighted by Crippen LogP contribution is -2.34. The Balaban J connectivity index is 1.72. The zero-order valence-electron chi connectivity index (χ0n) is 24.8. The molecular weight excluding hydrogens is 583 g/mol. The molecule has 1 amide bonds. The fourth-order valence-corrected chi connectivity index (χ4v) is 4.71. The Morgan fingerprint density at radius 1 is 0.886 bits per heavy atom. The zero-order valence-corrected chi connectivity index (χ0v) is 25.8. The van der Waals surface area contributed by atoms with E-state index in [2.05, 4.69) is 46.4 Å². The van der Waals surface area contributed by atoms with Gasteiger partial charge >= 0.3 is 0 Å². The van der Waals surface area contributed by atoms with Gasteiger partial charge in [0.05, 0.1) is 18.0 Å². The molecule has 4 rings (SSSR count). The molecule has 0 aliphatic carbocycles. The van der Waals surface area contributed by atoms with Gasteiger partial charge in [-0.1, -0.05) is 92.3 Å². The number of halogens is 3. The van der Waals surface area contributed by atoms with Gasteiger partial charge in [-0.05, 0) is 35.2 Å². The predicted molar refractivity (Wildman–Crippen MR) is 166 cm³/mol. The molecule has 0 saturated heterocycles. The highest BCUT2D eigenvalue weighted by atomic mass is 28.3. The smallest absolute Gasteiger partial charge is 0.260 e. The average molecular weight is 618 g/mol. The van der Waals surface area contributed by atoms with Crippen LogP contribution in [0.4, 0.5) is 13.2 Å². The third kappa shape index (κ3) is 9.71. The number of carbonyl (C=O) groups excluding carboxylic acids is 1. The van der Waals surface area contributed by atoms with Gasteiger partial charge in [0.15, 0.2) is 0 Å². The van der Waals surface area contributed by atoms with Crippen LogP contribution < -0.4 is 14.8 Å². The van der Waals surface area contributed by atoms with Gasteiger partial charge in [-0.3, -0.25) is 4.79 Å². The molecule has 228 valence electrons. The number of amides is 1. The van der Waals surface area contributed by atoms with Crippen LogP contribution in [-0.2, 0) is 24.4 Å². The summed E-state index contributed by atoms with van der Waals surface area (Å²) in [5, 5.41) is 2.28. The Kier molecular flexibility index (Phi) is 11.2. The molecule has 0 radical (unpaired) electrons. The first-order chi connectivity index (χ1) is 21.1. The largest absolute Gasteiger partial charge is 0.482 e. The summed E-state index contributed by atoms with van der Waals surface area (Å²) >= 11 is 0. The van der Waals surface area contributed by atoms with Crippen molar-refractivity contribution in [1.82, 2.24) is 15.3 Å². The van der Waals surface area contributed by atoms with Gasteiger partial charge in [0.1, 0.15) is 39.1 Å². The highest BCUT2D eigenvalue weighted by Crippen LogP contribution is 2.35. The van der Waals surface area contributed by atoms with E-state index < -0.39 is 38.7 Å². The lowest BCUT2D eigenvalue weighted by molar-refractivity contribution is -0.123. The summed E-state index contributed by atoms with van der Waals surface area (Å²) in [4.78, 5) is 22.1. The van der Waals surface area contributed by atoms with E-state index in [0.717, 1.165) is 11.1 Å². The van der Waals surface area contributed by atoms with E-state index >= 15 is 4.39 Å². The molecule has 10 heteroatoms. The number of alkyl halides is 2. The van der Waals surface area contributed by atoms with Crippen molar-refractivity contribution in [3.05, 3.63) is 119 Å². The number of ether oxygens (including phenoxy) is 2. The van der Waals surface area contributed by atoms with Crippen LogP contribution in [0.5, 0.6) is 11.6 Å². The van der Waals surface area contributed by atoms with Crippen LogP contribution >= 0.6 is 0 Å². The number of carbonyl (C=O) groups is 1. The lowest BCUT2D eigenvalue weighted by Gasteiger charge is -2.21. The van der Waals surface area contributed by atoms with Crippen molar-refractivity contribution < 1.29 is 27.4 Å². The average Bonchev–Trinajstić information content (AvgIpc) is 3.00. The molecule has 1 N–H and O–H groups in total. The van der Waals surface area contributed by atoms with Crippen molar-refractivity contribution in [2.24, 2.45) is 0 Å². The Morgan fingerprint density at radius 2 is 1.52 bits per heavy atom. The van der Waals surface area contributed by atoms with E-state index in [1.807, 2.05) is 60.7 Å². The molecule has 1 aromatic heterocycles. The first-order valence-electron chi connectivity index (χ1n) is 14.1. The van der Waals surface area contributed by atoms with E-state index in [4.69, 9.17) is 9.47 Å². The van der Waals surface area contributed by atoms with Crippen LogP contribution in [0, 0.1) is 17.3 Å². The van der Waals surface area contributed by atoms with Gasteiger partial charge in [0, 0.05) is 0 Å². The Hall–Kier alpha value is -4.62. The van der Waals surface area contributed by atoms with Crippen molar-refractivity contribution >= 4 is 14.0 Å². The molecule has 0 fully saturated rings. The highest BCUT2D eigenvalue weighted by molar-refractivity contribution is 6.83. The molecule has 4 aromatic rings. The van der Waals surface area contributed by atoms with E-state index in [9.17, 15) is 13.6 Å². The third-order valence-corrected chi connectivity index (χ3v) is 7.24. The van der Waals surface area contributed by atoms with Crippen molar-refractivity contribution in [2.75, 3.05) is 6.54 Å². The maximum Gasteiger partial charge on any atom is 0.260 e. The normalized spacial score (nSPS) is 11.8. The van der Waals surface area contributed by atoms with Crippen molar-refractivity contribution in [3.63, 3.8) is 0 Å². The number of nitrogens with one attached hydrogen (secondary N) is 1. The Bertz CT molecular complexity index is 1600. The molecule has 0 bridgehead atoms. The minimum atomic E-state index is -2.76. The molecule has 0 aliphatic rings.